The van der Waals surface area contributed by atoms with Gasteiger partial charge in [0, 0.05) is 33.1 Å². The lowest BCUT2D eigenvalue weighted by atomic mass is 9.82. The molecule has 0 aliphatic heterocycles. The van der Waals surface area contributed by atoms with E-state index in [0.29, 0.717) is 23.4 Å². The highest BCUT2D eigenvalue weighted by atomic mass is 16.3. The van der Waals surface area contributed by atoms with E-state index < -0.39 is 0 Å². The highest BCUT2D eigenvalue weighted by Crippen LogP contribution is 2.49. The molecule has 0 saturated heterocycles. The fourth-order valence-corrected chi connectivity index (χ4v) is 8.64. The van der Waals surface area contributed by atoms with Gasteiger partial charge in [0.15, 0.2) is 23.1 Å². The molecule has 274 valence electrons. The van der Waals surface area contributed by atoms with Gasteiger partial charge >= 0.3 is 0 Å². The van der Waals surface area contributed by atoms with Gasteiger partial charge in [0.2, 0.25) is 5.89 Å². The Morgan fingerprint density at radius 2 is 0.948 bits per heavy atom. The normalized spacial score (nSPS) is 12.8. The predicted molar refractivity (Wildman–Crippen MR) is 235 cm³/mol. The molecule has 0 amide bonds. The molecule has 0 unspecified atom stereocenters. The summed E-state index contributed by atoms with van der Waals surface area (Å²) in [6.07, 6.45) is 0. The molecule has 0 saturated carbocycles. The summed E-state index contributed by atoms with van der Waals surface area (Å²) in [5.41, 5.74) is 14.6. The Kier molecular flexibility index (Phi) is 7.76. The summed E-state index contributed by atoms with van der Waals surface area (Å²) < 4.78 is 6.70. The van der Waals surface area contributed by atoms with Crippen molar-refractivity contribution in [3.05, 3.63) is 193 Å². The molecule has 1 aliphatic rings. The minimum Gasteiger partial charge on any atom is -0.435 e. The van der Waals surface area contributed by atoms with Crippen LogP contribution in [0.1, 0.15) is 25.0 Å². The van der Waals surface area contributed by atoms with Gasteiger partial charge in [-0.2, -0.15) is 0 Å². The molecule has 0 radical (unpaired) electrons. The summed E-state index contributed by atoms with van der Waals surface area (Å²) in [7, 11) is 0. The molecule has 2 aromatic heterocycles. The maximum atomic E-state index is 6.70. The second kappa shape index (κ2) is 13.3. The van der Waals surface area contributed by atoms with Gasteiger partial charge in [0.1, 0.15) is 5.52 Å². The van der Waals surface area contributed by atoms with Crippen molar-refractivity contribution >= 4 is 21.9 Å². The lowest BCUT2D eigenvalue weighted by molar-refractivity contribution is 0.623. The Hall–Kier alpha value is -7.50. The molecule has 11 rings (SSSR count). The van der Waals surface area contributed by atoms with Crippen molar-refractivity contribution in [1.29, 1.82) is 0 Å². The smallest absolute Gasteiger partial charge is 0.227 e. The number of oxazole rings is 1. The Morgan fingerprint density at radius 1 is 0.379 bits per heavy atom. The van der Waals surface area contributed by atoms with Crippen LogP contribution < -0.4 is 0 Å². The number of rotatable bonds is 6. The summed E-state index contributed by atoms with van der Waals surface area (Å²) in [5, 5.41) is 2.05. The zero-order valence-electron chi connectivity index (χ0n) is 32.0. The topological polar surface area (TPSA) is 64.7 Å². The number of aromatic nitrogens is 4. The largest absolute Gasteiger partial charge is 0.435 e. The fraction of sp³-hybridized carbons (Fsp3) is 0.0566. The van der Waals surface area contributed by atoms with Gasteiger partial charge in [-0.3, -0.25) is 0 Å². The molecule has 0 spiro atoms. The van der Waals surface area contributed by atoms with E-state index in [-0.39, 0.29) is 5.41 Å². The maximum absolute atomic E-state index is 6.70. The lowest BCUT2D eigenvalue weighted by Crippen LogP contribution is -2.15. The third-order valence-electron chi connectivity index (χ3n) is 11.6. The van der Waals surface area contributed by atoms with Gasteiger partial charge in [-0.25, -0.2) is 19.9 Å². The van der Waals surface area contributed by atoms with E-state index >= 15 is 0 Å². The van der Waals surface area contributed by atoms with Gasteiger partial charge in [-0.05, 0) is 74.2 Å². The summed E-state index contributed by atoms with van der Waals surface area (Å²) >= 11 is 0. The number of benzene rings is 8. The molecule has 0 fully saturated rings. The molecular weight excluding hydrogens is 709 g/mol. The molecule has 5 heteroatoms. The molecular formula is C53H36N4O. The quantitative estimate of drug-likeness (QED) is 0.170. The summed E-state index contributed by atoms with van der Waals surface area (Å²) in [5.74, 6) is 2.44. The summed E-state index contributed by atoms with van der Waals surface area (Å²) in [6, 6.07) is 63.2. The molecule has 5 nitrogen and oxygen atoms in total. The van der Waals surface area contributed by atoms with Crippen LogP contribution in [0.3, 0.4) is 0 Å². The van der Waals surface area contributed by atoms with Crippen LogP contribution in [-0.4, -0.2) is 19.9 Å². The predicted octanol–water partition coefficient (Wildman–Crippen LogP) is 13.5. The van der Waals surface area contributed by atoms with Crippen LogP contribution >= 0.6 is 0 Å². The summed E-state index contributed by atoms with van der Waals surface area (Å²) in [6.45, 7) is 4.60. The van der Waals surface area contributed by atoms with E-state index in [1.54, 1.807) is 0 Å². The maximum Gasteiger partial charge on any atom is 0.227 e. The van der Waals surface area contributed by atoms with Gasteiger partial charge in [0.25, 0.3) is 0 Å². The van der Waals surface area contributed by atoms with Crippen LogP contribution in [0.5, 0.6) is 0 Å². The van der Waals surface area contributed by atoms with Crippen LogP contribution in [0, 0.1) is 0 Å². The first-order valence-electron chi connectivity index (χ1n) is 19.6. The van der Waals surface area contributed by atoms with Crippen molar-refractivity contribution in [2.24, 2.45) is 0 Å². The summed E-state index contributed by atoms with van der Waals surface area (Å²) in [4.78, 5) is 20.6. The van der Waals surface area contributed by atoms with Crippen LogP contribution in [0.15, 0.2) is 186 Å². The molecule has 0 N–H and O–H groups in total. The highest BCUT2D eigenvalue weighted by Gasteiger charge is 2.35. The second-order valence-electron chi connectivity index (χ2n) is 15.4. The average molecular weight is 745 g/mol. The zero-order chi connectivity index (χ0) is 38.8. The van der Waals surface area contributed by atoms with Crippen molar-refractivity contribution in [3.8, 4) is 79.0 Å². The van der Waals surface area contributed by atoms with E-state index in [1.807, 2.05) is 36.4 Å². The molecule has 1 aliphatic carbocycles. The van der Waals surface area contributed by atoms with Crippen molar-refractivity contribution in [2.45, 2.75) is 19.3 Å². The average Bonchev–Trinajstić information content (AvgIpc) is 3.83. The number of fused-ring (bicyclic) bond motifs is 6. The zero-order valence-corrected chi connectivity index (χ0v) is 32.0. The second-order valence-corrected chi connectivity index (χ2v) is 15.4. The van der Waals surface area contributed by atoms with Crippen LogP contribution in [0.2, 0.25) is 0 Å². The Bertz CT molecular complexity index is 3190. The molecule has 8 aromatic carbocycles. The van der Waals surface area contributed by atoms with Gasteiger partial charge < -0.3 is 4.42 Å². The molecule has 0 bridgehead atoms. The van der Waals surface area contributed by atoms with Gasteiger partial charge in [0.05, 0.1) is 0 Å². The molecule has 2 heterocycles. The van der Waals surface area contributed by atoms with Crippen molar-refractivity contribution < 1.29 is 4.42 Å². The lowest BCUT2D eigenvalue weighted by Gasteiger charge is -2.21. The van der Waals surface area contributed by atoms with E-state index in [2.05, 4.69) is 159 Å². The minimum atomic E-state index is -0.154. The standard InChI is InChI=1S/C53H36N4O/c1-53(2)44-23-12-11-20-40(44)41-30-28-38(32-45(41)53)50-55-49(36-16-7-4-8-17-36)56-51(57-50)43-21-10-9-19-39(43)42-22-13-18-35-29-31-46-48(47(35)42)58-52(54-46)37-26-24-34(25-27-37)33-14-5-3-6-15-33/h3-32H,1-2H3. The Balaban J connectivity index is 1.06. The monoisotopic (exact) mass is 744 g/mol. The van der Waals surface area contributed by atoms with E-state index in [0.717, 1.165) is 60.8 Å². The van der Waals surface area contributed by atoms with Gasteiger partial charge in [-0.15, -0.1) is 0 Å². The highest BCUT2D eigenvalue weighted by molar-refractivity contribution is 6.12. The molecule has 58 heavy (non-hydrogen) atoms. The van der Waals surface area contributed by atoms with Crippen molar-refractivity contribution in [1.82, 2.24) is 19.9 Å². The Labute approximate surface area is 336 Å². The van der Waals surface area contributed by atoms with E-state index in [9.17, 15) is 0 Å². The Morgan fingerprint density at radius 3 is 1.72 bits per heavy atom. The van der Waals surface area contributed by atoms with E-state index in [1.165, 1.54) is 27.8 Å². The number of nitrogens with zero attached hydrogens (tertiary/aromatic N) is 4. The molecule has 10 aromatic rings. The molecule has 0 atom stereocenters. The van der Waals surface area contributed by atoms with Crippen molar-refractivity contribution in [2.75, 3.05) is 0 Å². The first-order valence-corrected chi connectivity index (χ1v) is 19.6. The van der Waals surface area contributed by atoms with Crippen LogP contribution in [-0.2, 0) is 5.41 Å². The first kappa shape index (κ1) is 33.8. The SMILES string of the molecule is CC1(C)c2ccccc2-c2ccc(-c3nc(-c4ccccc4)nc(-c4ccccc4-c4cccc5ccc6nc(-c7ccc(-c8ccccc8)cc7)oc6c45)n3)cc21. The third-order valence-corrected chi connectivity index (χ3v) is 11.6. The third kappa shape index (κ3) is 5.54. The van der Waals surface area contributed by atoms with Crippen LogP contribution in [0.4, 0.5) is 0 Å². The minimum absolute atomic E-state index is 0.154. The van der Waals surface area contributed by atoms with E-state index in [4.69, 9.17) is 24.4 Å². The number of hydrogen-bond donors (Lipinski definition) is 0. The fourth-order valence-electron chi connectivity index (χ4n) is 8.64. The van der Waals surface area contributed by atoms with Gasteiger partial charge in [-0.1, -0.05) is 172 Å². The van der Waals surface area contributed by atoms with Crippen molar-refractivity contribution in [3.63, 3.8) is 0 Å². The number of hydrogen-bond acceptors (Lipinski definition) is 5. The van der Waals surface area contributed by atoms with Crippen LogP contribution in [0.25, 0.3) is 101 Å². The first-order chi connectivity index (χ1) is 28.5.